The van der Waals surface area contributed by atoms with Gasteiger partial charge in [-0.1, -0.05) is 5.16 Å². The maximum Gasteiger partial charge on any atom is 0.248 e. The molecule has 1 amide bonds. The van der Waals surface area contributed by atoms with Crippen molar-refractivity contribution in [2.45, 2.75) is 50.8 Å². The van der Waals surface area contributed by atoms with Crippen molar-refractivity contribution in [1.82, 2.24) is 14.4 Å². The second-order valence-corrected chi connectivity index (χ2v) is 9.00. The number of aromatic nitrogens is 1. The molecule has 1 spiro atoms. The van der Waals surface area contributed by atoms with Crippen LogP contribution in [0.2, 0.25) is 0 Å². The molecular weight excluding hydrogens is 330 g/mol. The molecule has 24 heavy (non-hydrogen) atoms. The molecule has 2 aliphatic rings. The Morgan fingerprint density at radius 3 is 2.29 bits per heavy atom. The summed E-state index contributed by atoms with van der Waals surface area (Å²) >= 11 is 0. The minimum Gasteiger partial charge on any atom is -0.360 e. The van der Waals surface area contributed by atoms with Crippen molar-refractivity contribution >= 4 is 15.9 Å². The first-order valence-corrected chi connectivity index (χ1v) is 9.86. The number of carbonyl (C=O) groups is 1. The molecule has 3 heterocycles. The Labute approximate surface area is 143 Å². The van der Waals surface area contributed by atoms with E-state index in [2.05, 4.69) is 5.16 Å². The van der Waals surface area contributed by atoms with Crippen LogP contribution in [-0.2, 0) is 14.8 Å². The monoisotopic (exact) mass is 355 g/mol. The van der Waals surface area contributed by atoms with Crippen molar-refractivity contribution in [2.75, 3.05) is 26.7 Å². The van der Waals surface area contributed by atoms with E-state index < -0.39 is 10.0 Å². The van der Waals surface area contributed by atoms with E-state index in [1.54, 1.807) is 23.1 Å². The molecule has 0 atom stereocenters. The summed E-state index contributed by atoms with van der Waals surface area (Å²) in [6.45, 7) is 5.02. The molecule has 0 saturated carbocycles. The fourth-order valence-corrected chi connectivity index (χ4v) is 5.62. The SMILES string of the molecule is Cc1noc(C)c1S(=O)(=O)N1CCC2(CCC(=O)N(C)CC2)CC1. The smallest absolute Gasteiger partial charge is 0.248 e. The van der Waals surface area contributed by atoms with Crippen LogP contribution in [-0.4, -0.2) is 55.4 Å². The average Bonchev–Trinajstić information content (AvgIpc) is 2.83. The lowest BCUT2D eigenvalue weighted by atomic mass is 9.73. The highest BCUT2D eigenvalue weighted by atomic mass is 32.2. The minimum absolute atomic E-state index is 0.0885. The van der Waals surface area contributed by atoms with Crippen LogP contribution in [0.15, 0.2) is 9.42 Å². The standard InChI is InChI=1S/C16H25N3O4S/c1-12-15(13(2)23-17-12)24(21,22)19-10-7-16(8-11-19)5-4-14(20)18(3)9-6-16/h4-11H2,1-3H3. The molecule has 2 aliphatic heterocycles. The van der Waals surface area contributed by atoms with E-state index >= 15 is 0 Å². The van der Waals surface area contributed by atoms with Crippen molar-refractivity contribution in [3.8, 4) is 0 Å². The summed E-state index contributed by atoms with van der Waals surface area (Å²) in [5.74, 6) is 0.534. The molecule has 0 radical (unpaired) electrons. The summed E-state index contributed by atoms with van der Waals surface area (Å²) in [6, 6.07) is 0. The second kappa shape index (κ2) is 6.15. The molecule has 2 saturated heterocycles. The van der Waals surface area contributed by atoms with Crippen LogP contribution in [0, 0.1) is 19.3 Å². The lowest BCUT2D eigenvalue weighted by Crippen LogP contribution is -2.43. The molecule has 0 unspecified atom stereocenters. The van der Waals surface area contributed by atoms with Gasteiger partial charge in [-0.2, -0.15) is 4.31 Å². The number of likely N-dealkylation sites (tertiary alicyclic amines) is 1. The Kier molecular flexibility index (Phi) is 4.46. The normalized spacial score (nSPS) is 22.8. The maximum atomic E-state index is 12.9. The largest absolute Gasteiger partial charge is 0.360 e. The quantitative estimate of drug-likeness (QED) is 0.806. The van der Waals surface area contributed by atoms with Gasteiger partial charge in [0.15, 0.2) is 5.76 Å². The van der Waals surface area contributed by atoms with Gasteiger partial charge in [0, 0.05) is 33.1 Å². The highest BCUT2D eigenvalue weighted by Crippen LogP contribution is 2.42. The van der Waals surface area contributed by atoms with Crippen LogP contribution < -0.4 is 0 Å². The van der Waals surface area contributed by atoms with Gasteiger partial charge < -0.3 is 9.42 Å². The summed E-state index contributed by atoms with van der Waals surface area (Å²) in [5.41, 5.74) is 0.500. The number of rotatable bonds is 2. The van der Waals surface area contributed by atoms with E-state index in [4.69, 9.17) is 4.52 Å². The van der Waals surface area contributed by atoms with Crippen molar-refractivity contribution < 1.29 is 17.7 Å². The number of sulfonamides is 1. The third kappa shape index (κ3) is 2.97. The van der Waals surface area contributed by atoms with Crippen molar-refractivity contribution in [2.24, 2.45) is 5.41 Å². The molecule has 0 bridgehead atoms. The third-order valence-electron chi connectivity index (χ3n) is 5.62. The molecule has 8 heteroatoms. The summed E-state index contributed by atoms with van der Waals surface area (Å²) in [4.78, 5) is 13.9. The Bertz CT molecular complexity index is 713. The number of aryl methyl sites for hydroxylation is 2. The van der Waals surface area contributed by atoms with Gasteiger partial charge in [0.1, 0.15) is 10.6 Å². The van der Waals surface area contributed by atoms with Gasteiger partial charge >= 0.3 is 0 Å². The lowest BCUT2D eigenvalue weighted by molar-refractivity contribution is -0.129. The van der Waals surface area contributed by atoms with Crippen molar-refractivity contribution in [3.63, 3.8) is 0 Å². The van der Waals surface area contributed by atoms with Crippen molar-refractivity contribution in [3.05, 3.63) is 11.5 Å². The lowest BCUT2D eigenvalue weighted by Gasteiger charge is -2.40. The van der Waals surface area contributed by atoms with Crippen LogP contribution in [0.25, 0.3) is 0 Å². The molecule has 1 aromatic rings. The molecule has 3 rings (SSSR count). The van der Waals surface area contributed by atoms with Crippen LogP contribution in [0.5, 0.6) is 0 Å². The average molecular weight is 355 g/mol. The first-order valence-electron chi connectivity index (χ1n) is 8.42. The molecule has 0 aromatic carbocycles. The zero-order valence-corrected chi connectivity index (χ0v) is 15.4. The summed E-state index contributed by atoms with van der Waals surface area (Å²) in [7, 11) is -1.72. The summed E-state index contributed by atoms with van der Waals surface area (Å²) in [6.07, 6.45) is 3.98. The fourth-order valence-electron chi connectivity index (χ4n) is 3.89. The van der Waals surface area contributed by atoms with E-state index in [0.29, 0.717) is 31.0 Å². The Hall–Kier alpha value is -1.41. The highest BCUT2D eigenvalue weighted by molar-refractivity contribution is 7.89. The Morgan fingerprint density at radius 1 is 1.08 bits per heavy atom. The summed E-state index contributed by atoms with van der Waals surface area (Å²) < 4.78 is 32.4. The molecule has 0 aliphatic carbocycles. The van der Waals surface area contributed by atoms with Crippen LogP contribution in [0.4, 0.5) is 0 Å². The van der Waals surface area contributed by atoms with Gasteiger partial charge in [0.2, 0.25) is 15.9 Å². The predicted octanol–water partition coefficient (Wildman–Crippen LogP) is 1.70. The predicted molar refractivity (Wildman–Crippen MR) is 87.9 cm³/mol. The number of piperidine rings is 1. The third-order valence-corrected chi connectivity index (χ3v) is 7.77. The first-order chi connectivity index (χ1) is 11.3. The molecule has 0 N–H and O–H groups in total. The van der Waals surface area contributed by atoms with Gasteiger partial charge in [-0.15, -0.1) is 0 Å². The fraction of sp³-hybridized carbons (Fsp3) is 0.750. The maximum absolute atomic E-state index is 12.9. The van der Waals surface area contributed by atoms with Gasteiger partial charge in [0.25, 0.3) is 0 Å². The van der Waals surface area contributed by atoms with E-state index in [9.17, 15) is 13.2 Å². The Balaban J connectivity index is 1.74. The second-order valence-electron chi connectivity index (χ2n) is 7.12. The van der Waals surface area contributed by atoms with E-state index in [-0.39, 0.29) is 16.2 Å². The van der Waals surface area contributed by atoms with Gasteiger partial charge in [0.05, 0.1) is 0 Å². The molecule has 7 nitrogen and oxygen atoms in total. The van der Waals surface area contributed by atoms with Crippen molar-refractivity contribution in [1.29, 1.82) is 0 Å². The highest BCUT2D eigenvalue weighted by Gasteiger charge is 2.41. The Morgan fingerprint density at radius 2 is 1.71 bits per heavy atom. The van der Waals surface area contributed by atoms with E-state index in [0.717, 1.165) is 32.2 Å². The molecule has 1 aromatic heterocycles. The first kappa shape index (κ1) is 17.4. The van der Waals surface area contributed by atoms with Crippen LogP contribution in [0.3, 0.4) is 0 Å². The zero-order chi connectivity index (χ0) is 17.5. The minimum atomic E-state index is -3.57. The molecule has 2 fully saturated rings. The zero-order valence-electron chi connectivity index (χ0n) is 14.5. The van der Waals surface area contributed by atoms with Crippen LogP contribution >= 0.6 is 0 Å². The number of carbonyl (C=O) groups excluding carboxylic acids is 1. The van der Waals surface area contributed by atoms with Gasteiger partial charge in [-0.05, 0) is 44.9 Å². The number of hydrogen-bond donors (Lipinski definition) is 0. The van der Waals surface area contributed by atoms with Crippen LogP contribution in [0.1, 0.15) is 43.6 Å². The summed E-state index contributed by atoms with van der Waals surface area (Å²) in [5, 5.41) is 3.77. The van der Waals surface area contributed by atoms with E-state index in [1.807, 2.05) is 7.05 Å². The molecule has 134 valence electrons. The molecular formula is C16H25N3O4S. The number of nitrogens with zero attached hydrogens (tertiary/aromatic N) is 3. The topological polar surface area (TPSA) is 83.7 Å². The van der Waals surface area contributed by atoms with E-state index in [1.165, 1.54) is 0 Å². The number of amides is 1. The van der Waals surface area contributed by atoms with Gasteiger partial charge in [-0.3, -0.25) is 4.79 Å². The van der Waals surface area contributed by atoms with Gasteiger partial charge in [-0.25, -0.2) is 8.42 Å². The number of hydrogen-bond acceptors (Lipinski definition) is 5.